The highest BCUT2D eigenvalue weighted by Crippen LogP contribution is 2.31. The molecule has 2 rings (SSSR count). The van der Waals surface area contributed by atoms with Gasteiger partial charge in [0.1, 0.15) is 5.75 Å². The molecule has 0 aliphatic carbocycles. The molecule has 6 heteroatoms. The van der Waals surface area contributed by atoms with Gasteiger partial charge < -0.3 is 9.50 Å². The number of nitrogens with one attached hydrogen (secondary N) is 1. The number of amides is 1. The molecule has 0 aromatic heterocycles. The zero-order valence-corrected chi connectivity index (χ0v) is 9.50. The Morgan fingerprint density at radius 2 is 2.06 bits per heavy atom. The number of fused-ring (bicyclic) bond motifs is 1. The monoisotopic (exact) mass is 241 g/mol. The molecule has 0 spiro atoms. The van der Waals surface area contributed by atoms with Gasteiger partial charge in [-0.3, -0.25) is 4.79 Å². The van der Waals surface area contributed by atoms with Crippen molar-refractivity contribution in [2.24, 2.45) is 0 Å². The van der Waals surface area contributed by atoms with Gasteiger partial charge in [-0.25, -0.2) is 0 Å². The third kappa shape index (κ3) is 2.33. The Bertz CT molecular complexity index is 536. The smallest absolute Gasteiger partial charge is 0.306 e. The molecule has 1 aliphatic heterocycles. The van der Waals surface area contributed by atoms with E-state index in [9.17, 15) is 13.2 Å². The van der Waals surface area contributed by atoms with E-state index in [1.54, 1.807) is 18.2 Å². The summed E-state index contributed by atoms with van der Waals surface area (Å²) in [6, 6.07) is 4.95. The maximum atomic E-state index is 11.2. The maximum Gasteiger partial charge on any atom is 0.306 e. The second-order valence-electron chi connectivity index (χ2n) is 3.62. The number of hydrogen-bond donors (Lipinski definition) is 1. The van der Waals surface area contributed by atoms with Gasteiger partial charge in [-0.2, -0.15) is 8.42 Å². The Morgan fingerprint density at radius 1 is 1.31 bits per heavy atom. The first-order valence-corrected chi connectivity index (χ1v) is 6.58. The van der Waals surface area contributed by atoms with Crippen LogP contribution in [0.3, 0.4) is 0 Å². The first kappa shape index (κ1) is 10.9. The van der Waals surface area contributed by atoms with E-state index in [4.69, 9.17) is 4.18 Å². The molecule has 1 aliphatic rings. The highest BCUT2D eigenvalue weighted by molar-refractivity contribution is 7.86. The summed E-state index contributed by atoms with van der Waals surface area (Å²) in [5.41, 5.74) is 1.35. The number of hydrogen-bond acceptors (Lipinski definition) is 4. The van der Waals surface area contributed by atoms with E-state index in [0.717, 1.165) is 11.8 Å². The average Bonchev–Trinajstić information content (AvgIpc) is 2.15. The molecule has 1 amide bonds. The van der Waals surface area contributed by atoms with Gasteiger partial charge in [-0.05, 0) is 18.6 Å². The van der Waals surface area contributed by atoms with E-state index in [-0.39, 0.29) is 5.91 Å². The maximum absolute atomic E-state index is 11.2. The topological polar surface area (TPSA) is 72.5 Å². The van der Waals surface area contributed by atoms with Crippen LogP contribution >= 0.6 is 0 Å². The van der Waals surface area contributed by atoms with Gasteiger partial charge in [0.25, 0.3) is 0 Å². The van der Waals surface area contributed by atoms with Gasteiger partial charge in [-0.1, -0.05) is 6.07 Å². The molecule has 5 nitrogen and oxygen atoms in total. The summed E-state index contributed by atoms with van der Waals surface area (Å²) >= 11 is 0. The first-order chi connectivity index (χ1) is 7.46. The quantitative estimate of drug-likeness (QED) is 0.781. The lowest BCUT2D eigenvalue weighted by Gasteiger charge is -2.19. The zero-order valence-electron chi connectivity index (χ0n) is 8.69. The van der Waals surface area contributed by atoms with Crippen LogP contribution in [0.25, 0.3) is 0 Å². The minimum absolute atomic E-state index is 0.0657. The Morgan fingerprint density at radius 3 is 2.75 bits per heavy atom. The Hall–Kier alpha value is -1.56. The molecule has 0 saturated carbocycles. The summed E-state index contributed by atoms with van der Waals surface area (Å²) in [5.74, 6) is 0.226. The van der Waals surface area contributed by atoms with Crippen molar-refractivity contribution in [3.8, 4) is 5.75 Å². The van der Waals surface area contributed by atoms with Crippen LogP contribution in [0.4, 0.5) is 5.69 Å². The molecule has 0 fully saturated rings. The highest BCUT2D eigenvalue weighted by Gasteiger charge is 2.19. The van der Waals surface area contributed by atoms with E-state index in [1.165, 1.54) is 0 Å². The molecule has 1 heterocycles. The van der Waals surface area contributed by atoms with Crippen molar-refractivity contribution in [1.82, 2.24) is 0 Å². The Balaban J connectivity index is 2.41. The molecule has 0 unspecified atom stereocenters. The summed E-state index contributed by atoms with van der Waals surface area (Å²) in [4.78, 5) is 11.2. The van der Waals surface area contributed by atoms with Crippen LogP contribution < -0.4 is 9.50 Å². The van der Waals surface area contributed by atoms with E-state index in [1.807, 2.05) is 0 Å². The zero-order chi connectivity index (χ0) is 11.8. The summed E-state index contributed by atoms with van der Waals surface area (Å²) in [7, 11) is -3.54. The molecule has 0 radical (unpaired) electrons. The van der Waals surface area contributed by atoms with E-state index < -0.39 is 10.1 Å². The highest BCUT2D eigenvalue weighted by atomic mass is 32.2. The first-order valence-electron chi connectivity index (χ1n) is 4.77. The predicted molar refractivity (Wildman–Crippen MR) is 58.9 cm³/mol. The lowest BCUT2D eigenvalue weighted by Crippen LogP contribution is -2.20. The van der Waals surface area contributed by atoms with Crippen molar-refractivity contribution in [2.75, 3.05) is 11.6 Å². The average molecular weight is 241 g/mol. The van der Waals surface area contributed by atoms with E-state index >= 15 is 0 Å². The normalized spacial score (nSPS) is 15.2. The van der Waals surface area contributed by atoms with Crippen molar-refractivity contribution in [2.45, 2.75) is 12.8 Å². The molecule has 1 aromatic rings. The van der Waals surface area contributed by atoms with Crippen molar-refractivity contribution in [3.63, 3.8) is 0 Å². The Labute approximate surface area is 93.5 Å². The van der Waals surface area contributed by atoms with E-state index in [2.05, 4.69) is 5.32 Å². The third-order valence-electron chi connectivity index (χ3n) is 2.25. The van der Waals surface area contributed by atoms with Crippen LogP contribution in [0.2, 0.25) is 0 Å². The van der Waals surface area contributed by atoms with Gasteiger partial charge in [-0.15, -0.1) is 0 Å². The largest absolute Gasteiger partial charge is 0.382 e. The lowest BCUT2D eigenvalue weighted by atomic mass is 10.0. The van der Waals surface area contributed by atoms with Crippen molar-refractivity contribution >= 4 is 21.7 Å². The summed E-state index contributed by atoms with van der Waals surface area (Å²) in [6.45, 7) is 0. The summed E-state index contributed by atoms with van der Waals surface area (Å²) < 4.78 is 26.9. The van der Waals surface area contributed by atoms with Crippen LogP contribution in [0, 0.1) is 0 Å². The van der Waals surface area contributed by atoms with Gasteiger partial charge in [0.15, 0.2) is 0 Å². The third-order valence-corrected chi connectivity index (χ3v) is 2.73. The second-order valence-corrected chi connectivity index (χ2v) is 5.19. The second kappa shape index (κ2) is 3.79. The Kier molecular flexibility index (Phi) is 2.59. The number of anilines is 1. The minimum atomic E-state index is -3.54. The molecular weight excluding hydrogens is 230 g/mol. The minimum Gasteiger partial charge on any atom is -0.382 e. The molecule has 1 N–H and O–H groups in total. The van der Waals surface area contributed by atoms with Crippen molar-refractivity contribution < 1.29 is 17.4 Å². The number of benzene rings is 1. The van der Waals surface area contributed by atoms with Crippen LogP contribution in [-0.2, 0) is 21.3 Å². The fraction of sp³-hybridized carbons (Fsp3) is 0.300. The summed E-state index contributed by atoms with van der Waals surface area (Å²) in [5, 5.41) is 2.67. The van der Waals surface area contributed by atoms with Crippen LogP contribution in [0.15, 0.2) is 18.2 Å². The molecule has 16 heavy (non-hydrogen) atoms. The standard InChI is InChI=1S/C10H11NO4S/c1-16(13,14)15-9-4-2-3-8-7(9)5-6-10(12)11-8/h2-4H,5-6H2,1H3,(H,11,12). The van der Waals surface area contributed by atoms with Crippen LogP contribution in [0.5, 0.6) is 5.75 Å². The number of rotatable bonds is 2. The van der Waals surface area contributed by atoms with Crippen molar-refractivity contribution in [1.29, 1.82) is 0 Å². The van der Waals surface area contributed by atoms with E-state index in [0.29, 0.717) is 24.3 Å². The molecule has 0 saturated heterocycles. The van der Waals surface area contributed by atoms with Crippen LogP contribution in [0.1, 0.15) is 12.0 Å². The molecule has 1 aromatic carbocycles. The van der Waals surface area contributed by atoms with Gasteiger partial charge >= 0.3 is 10.1 Å². The molecule has 0 bridgehead atoms. The predicted octanol–water partition coefficient (Wildman–Crippen LogP) is 0.910. The molecular formula is C10H11NO4S. The van der Waals surface area contributed by atoms with Crippen molar-refractivity contribution in [3.05, 3.63) is 23.8 Å². The fourth-order valence-electron chi connectivity index (χ4n) is 1.63. The molecule has 0 atom stereocenters. The molecule has 86 valence electrons. The number of carbonyl (C=O) groups is 1. The van der Waals surface area contributed by atoms with Crippen LogP contribution in [-0.4, -0.2) is 20.6 Å². The van der Waals surface area contributed by atoms with Gasteiger partial charge in [0.05, 0.1) is 6.26 Å². The summed E-state index contributed by atoms with van der Waals surface area (Å²) in [6.07, 6.45) is 1.83. The number of carbonyl (C=O) groups excluding carboxylic acids is 1. The lowest BCUT2D eigenvalue weighted by molar-refractivity contribution is -0.116. The SMILES string of the molecule is CS(=O)(=O)Oc1cccc2c1CCC(=O)N2. The van der Waals surface area contributed by atoms with Gasteiger partial charge in [0.2, 0.25) is 5.91 Å². The van der Waals surface area contributed by atoms with Gasteiger partial charge in [0, 0.05) is 17.7 Å². The fourth-order valence-corrected chi connectivity index (χ4v) is 2.12.